The number of alkyl halides is 3. The molecule has 0 saturated heterocycles. The van der Waals surface area contributed by atoms with Crippen molar-refractivity contribution >= 4 is 17.2 Å². The summed E-state index contributed by atoms with van der Waals surface area (Å²) in [5, 5.41) is 3.94. The number of carbonyl (C=O) groups excluding carboxylic acids is 1. The zero-order valence-corrected chi connectivity index (χ0v) is 17.0. The molecule has 0 aromatic carbocycles. The molecule has 150 valence electrons. The summed E-state index contributed by atoms with van der Waals surface area (Å²) in [5.41, 5.74) is -0.562. The first-order valence-electron chi connectivity index (χ1n) is 9.30. The van der Waals surface area contributed by atoms with E-state index in [1.807, 2.05) is 25.7 Å². The molecule has 2 heterocycles. The second-order valence-corrected chi connectivity index (χ2v) is 7.48. The topological polar surface area (TPSA) is 38.1 Å². The van der Waals surface area contributed by atoms with Gasteiger partial charge < -0.3 is 4.90 Å². The average molecular weight is 401 g/mol. The van der Waals surface area contributed by atoms with Crippen LogP contribution in [0.4, 0.5) is 13.2 Å². The van der Waals surface area contributed by atoms with Crippen LogP contribution in [0.3, 0.4) is 0 Å². The number of amides is 1. The molecule has 1 amide bonds. The molecule has 0 spiro atoms. The van der Waals surface area contributed by atoms with Gasteiger partial charge in [-0.1, -0.05) is 20.8 Å². The van der Waals surface area contributed by atoms with E-state index >= 15 is 0 Å². The van der Waals surface area contributed by atoms with Gasteiger partial charge in [0.25, 0.3) is 5.91 Å². The molecule has 1 fully saturated rings. The highest BCUT2D eigenvalue weighted by Crippen LogP contribution is 2.35. The summed E-state index contributed by atoms with van der Waals surface area (Å²) in [4.78, 5) is 15.7. The van der Waals surface area contributed by atoms with Gasteiger partial charge in [-0.25, -0.2) is 0 Å². The Kier molecular flexibility index (Phi) is 7.08. The normalized spacial score (nSPS) is 13.9. The number of hydrogen-bond acceptors (Lipinski definition) is 3. The average Bonchev–Trinajstić information content (AvgIpc) is 3.14. The van der Waals surface area contributed by atoms with Crippen molar-refractivity contribution in [1.29, 1.82) is 0 Å². The van der Waals surface area contributed by atoms with E-state index in [1.54, 1.807) is 12.1 Å². The summed E-state index contributed by atoms with van der Waals surface area (Å²) >= 11 is 1.19. The van der Waals surface area contributed by atoms with E-state index < -0.39 is 11.9 Å². The van der Waals surface area contributed by atoms with Crippen molar-refractivity contribution in [3.05, 3.63) is 28.8 Å². The quantitative estimate of drug-likeness (QED) is 0.645. The lowest BCUT2D eigenvalue weighted by atomic mass is 10.3. The molecule has 2 aromatic heterocycles. The van der Waals surface area contributed by atoms with Crippen LogP contribution in [-0.4, -0.2) is 33.7 Å². The maximum atomic E-state index is 12.9. The summed E-state index contributed by atoms with van der Waals surface area (Å²) < 4.78 is 39.6. The van der Waals surface area contributed by atoms with Crippen LogP contribution in [0.1, 0.15) is 55.4 Å². The standard InChI is InChI=1S/C17H20F3N3OS.C2H6/c1-3-8-23(10-11-4-5-11)16(24)14-7-6-13(25-14)12-9-15(17(18,19)20)22(2)21-12;1-2/h6-7,9,11H,3-5,8,10H2,1-2H3;1-2H3. The van der Waals surface area contributed by atoms with E-state index in [1.165, 1.54) is 18.4 Å². The van der Waals surface area contributed by atoms with Gasteiger partial charge in [0.05, 0.1) is 9.75 Å². The van der Waals surface area contributed by atoms with Crippen molar-refractivity contribution in [2.45, 2.75) is 46.2 Å². The van der Waals surface area contributed by atoms with Crippen molar-refractivity contribution in [3.8, 4) is 10.6 Å². The van der Waals surface area contributed by atoms with Gasteiger partial charge in [-0.05, 0) is 43.4 Å². The van der Waals surface area contributed by atoms with Gasteiger partial charge in [-0.2, -0.15) is 18.3 Å². The fourth-order valence-electron chi connectivity index (χ4n) is 2.76. The molecule has 8 heteroatoms. The van der Waals surface area contributed by atoms with E-state index in [-0.39, 0.29) is 11.6 Å². The number of thiophene rings is 1. The summed E-state index contributed by atoms with van der Waals surface area (Å²) in [6, 6.07) is 4.37. The van der Waals surface area contributed by atoms with Crippen molar-refractivity contribution in [3.63, 3.8) is 0 Å². The summed E-state index contributed by atoms with van der Waals surface area (Å²) in [5.74, 6) is 0.553. The van der Waals surface area contributed by atoms with E-state index in [4.69, 9.17) is 0 Å². The Labute approximate surface area is 162 Å². The Morgan fingerprint density at radius 3 is 2.52 bits per heavy atom. The minimum atomic E-state index is -4.45. The van der Waals surface area contributed by atoms with Crippen LogP contribution in [-0.2, 0) is 13.2 Å². The molecular formula is C19H26F3N3OS. The van der Waals surface area contributed by atoms with Crippen molar-refractivity contribution in [2.75, 3.05) is 13.1 Å². The van der Waals surface area contributed by atoms with Crippen LogP contribution in [0.25, 0.3) is 10.6 Å². The van der Waals surface area contributed by atoms with Crippen LogP contribution in [0, 0.1) is 5.92 Å². The summed E-state index contributed by atoms with van der Waals surface area (Å²) in [6.45, 7) is 7.49. The van der Waals surface area contributed by atoms with Crippen molar-refractivity contribution < 1.29 is 18.0 Å². The highest BCUT2D eigenvalue weighted by molar-refractivity contribution is 7.17. The molecule has 1 aliphatic rings. The Morgan fingerprint density at radius 1 is 1.33 bits per heavy atom. The molecule has 2 aromatic rings. The molecule has 27 heavy (non-hydrogen) atoms. The summed E-state index contributed by atoms with van der Waals surface area (Å²) in [6.07, 6.45) is -1.24. The number of halogens is 3. The Balaban J connectivity index is 0.00000126. The van der Waals surface area contributed by atoms with E-state index in [0.29, 0.717) is 22.2 Å². The van der Waals surface area contributed by atoms with Crippen LogP contribution in [0.2, 0.25) is 0 Å². The first-order chi connectivity index (χ1) is 12.8. The van der Waals surface area contributed by atoms with Gasteiger partial charge in [-0.15, -0.1) is 11.3 Å². The van der Waals surface area contributed by atoms with E-state index in [2.05, 4.69) is 5.10 Å². The number of aromatic nitrogens is 2. The largest absolute Gasteiger partial charge is 0.433 e. The third kappa shape index (κ3) is 5.34. The van der Waals surface area contributed by atoms with E-state index in [0.717, 1.165) is 36.6 Å². The minimum absolute atomic E-state index is 0.0445. The van der Waals surface area contributed by atoms with E-state index in [9.17, 15) is 18.0 Å². The molecule has 0 bridgehead atoms. The van der Waals surface area contributed by atoms with Gasteiger partial charge in [0.1, 0.15) is 11.4 Å². The SMILES string of the molecule is CC.CCCN(CC1CC1)C(=O)c1ccc(-c2cc(C(F)(F)F)n(C)n2)s1. The maximum Gasteiger partial charge on any atom is 0.433 e. The number of nitrogens with zero attached hydrogens (tertiary/aromatic N) is 3. The minimum Gasteiger partial charge on any atom is -0.338 e. The first kappa shape index (κ1) is 21.5. The molecule has 0 unspecified atom stereocenters. The maximum absolute atomic E-state index is 12.9. The predicted octanol–water partition coefficient (Wildman–Crippen LogP) is 5.46. The monoisotopic (exact) mass is 401 g/mol. The van der Waals surface area contributed by atoms with Crippen molar-refractivity contribution in [1.82, 2.24) is 14.7 Å². The third-order valence-electron chi connectivity index (χ3n) is 4.20. The predicted molar refractivity (Wildman–Crippen MR) is 102 cm³/mol. The van der Waals surface area contributed by atoms with Gasteiger partial charge in [0.2, 0.25) is 0 Å². The molecule has 3 rings (SSSR count). The zero-order valence-electron chi connectivity index (χ0n) is 16.1. The molecule has 0 atom stereocenters. The second kappa shape index (κ2) is 8.91. The fourth-order valence-corrected chi connectivity index (χ4v) is 3.69. The van der Waals surface area contributed by atoms with Crippen molar-refractivity contribution in [2.24, 2.45) is 13.0 Å². The van der Waals surface area contributed by atoms with Crippen LogP contribution in [0.5, 0.6) is 0 Å². The van der Waals surface area contributed by atoms with Gasteiger partial charge >= 0.3 is 6.18 Å². The van der Waals surface area contributed by atoms with Crippen LogP contribution < -0.4 is 0 Å². The lowest BCUT2D eigenvalue weighted by molar-refractivity contribution is -0.143. The van der Waals surface area contributed by atoms with Gasteiger partial charge in [0, 0.05) is 20.1 Å². The smallest absolute Gasteiger partial charge is 0.338 e. The molecular weight excluding hydrogens is 375 g/mol. The lowest BCUT2D eigenvalue weighted by Gasteiger charge is -2.21. The third-order valence-corrected chi connectivity index (χ3v) is 5.29. The van der Waals surface area contributed by atoms with Gasteiger partial charge in [0.15, 0.2) is 0 Å². The molecule has 1 saturated carbocycles. The van der Waals surface area contributed by atoms with Crippen LogP contribution >= 0.6 is 11.3 Å². The zero-order chi connectivity index (χ0) is 20.2. The molecule has 0 radical (unpaired) electrons. The number of aryl methyl sites for hydroxylation is 1. The summed E-state index contributed by atoms with van der Waals surface area (Å²) in [7, 11) is 1.27. The molecule has 0 N–H and O–H groups in total. The highest BCUT2D eigenvalue weighted by Gasteiger charge is 2.35. The highest BCUT2D eigenvalue weighted by atomic mass is 32.1. The molecule has 1 aliphatic carbocycles. The Morgan fingerprint density at radius 2 is 2.00 bits per heavy atom. The second-order valence-electron chi connectivity index (χ2n) is 6.39. The number of hydrogen-bond donors (Lipinski definition) is 0. The lowest BCUT2D eigenvalue weighted by Crippen LogP contribution is -2.33. The number of carbonyl (C=O) groups is 1. The Bertz CT molecular complexity index is 763. The number of rotatable bonds is 6. The molecule has 0 aliphatic heterocycles. The Hall–Kier alpha value is -1.83. The van der Waals surface area contributed by atoms with Crippen LogP contribution in [0.15, 0.2) is 18.2 Å². The first-order valence-corrected chi connectivity index (χ1v) is 10.1. The van der Waals surface area contributed by atoms with Gasteiger partial charge in [-0.3, -0.25) is 9.48 Å². The molecule has 4 nitrogen and oxygen atoms in total. The fraction of sp³-hybridized carbons (Fsp3) is 0.579.